The molecule has 0 aliphatic heterocycles. The lowest BCUT2D eigenvalue weighted by Gasteiger charge is -2.17. The molecule has 9 heteroatoms. The number of esters is 1. The highest BCUT2D eigenvalue weighted by Gasteiger charge is 2.17. The van der Waals surface area contributed by atoms with Gasteiger partial charge in [0.15, 0.2) is 6.61 Å². The van der Waals surface area contributed by atoms with Crippen LogP contribution in [0.15, 0.2) is 42.5 Å². The molecule has 0 fully saturated rings. The van der Waals surface area contributed by atoms with Gasteiger partial charge in [-0.1, -0.05) is 25.4 Å². The summed E-state index contributed by atoms with van der Waals surface area (Å²) in [6.07, 6.45) is 0. The lowest BCUT2D eigenvalue weighted by molar-refractivity contribution is -0.385. The Labute approximate surface area is 172 Å². The van der Waals surface area contributed by atoms with Crippen molar-refractivity contribution in [3.63, 3.8) is 0 Å². The Balaban J connectivity index is 1.97. The monoisotopic (exact) mass is 420 g/mol. The zero-order valence-corrected chi connectivity index (χ0v) is 16.9. The summed E-state index contributed by atoms with van der Waals surface area (Å²) in [5.74, 6) is -0.476. The largest absolute Gasteiger partial charge is 0.452 e. The van der Waals surface area contributed by atoms with Gasteiger partial charge in [0, 0.05) is 17.1 Å². The van der Waals surface area contributed by atoms with Gasteiger partial charge in [0.05, 0.1) is 10.5 Å². The third kappa shape index (κ3) is 6.46. The van der Waals surface area contributed by atoms with Gasteiger partial charge in [-0.3, -0.25) is 14.9 Å². The smallest absolute Gasteiger partial charge is 0.338 e. The molecule has 2 aromatic carbocycles. The number of ether oxygens (including phenoxy) is 2. The van der Waals surface area contributed by atoms with Gasteiger partial charge in [-0.05, 0) is 49.2 Å². The standard InChI is InChI=1S/C20H21ClN2O6/c1-12(2)13(3)22-19(24)11-28-20(25)14-4-7-16(8-5-14)29-18-9-6-15(21)10-17(18)23(26)27/h4-10,12-13H,11H2,1-3H3,(H,22,24). The van der Waals surface area contributed by atoms with Gasteiger partial charge < -0.3 is 14.8 Å². The fourth-order valence-electron chi connectivity index (χ4n) is 2.18. The van der Waals surface area contributed by atoms with Crippen LogP contribution in [0, 0.1) is 16.0 Å². The fourth-order valence-corrected chi connectivity index (χ4v) is 2.35. The van der Waals surface area contributed by atoms with Crippen LogP contribution in [0.3, 0.4) is 0 Å². The lowest BCUT2D eigenvalue weighted by Crippen LogP contribution is -2.38. The third-order valence-electron chi connectivity index (χ3n) is 4.16. The predicted molar refractivity (Wildman–Crippen MR) is 107 cm³/mol. The molecule has 1 unspecified atom stereocenters. The number of hydrogen-bond donors (Lipinski definition) is 1. The van der Waals surface area contributed by atoms with Crippen molar-refractivity contribution in [2.75, 3.05) is 6.61 Å². The third-order valence-corrected chi connectivity index (χ3v) is 4.39. The Morgan fingerprint density at radius 1 is 1.14 bits per heavy atom. The molecule has 0 saturated heterocycles. The molecule has 2 aromatic rings. The van der Waals surface area contributed by atoms with Crippen molar-refractivity contribution >= 4 is 29.2 Å². The van der Waals surface area contributed by atoms with Crippen molar-refractivity contribution in [2.45, 2.75) is 26.8 Å². The molecule has 0 radical (unpaired) electrons. The van der Waals surface area contributed by atoms with E-state index in [0.717, 1.165) is 0 Å². The maximum absolute atomic E-state index is 12.1. The molecule has 1 atom stereocenters. The number of rotatable bonds is 8. The zero-order chi connectivity index (χ0) is 21.6. The Bertz CT molecular complexity index is 898. The highest BCUT2D eigenvalue weighted by atomic mass is 35.5. The average molecular weight is 421 g/mol. The van der Waals surface area contributed by atoms with Crippen LogP contribution >= 0.6 is 11.6 Å². The molecule has 0 spiro atoms. The minimum absolute atomic E-state index is 0.0191. The normalized spacial score (nSPS) is 11.6. The number of nitrogens with zero attached hydrogens (tertiary/aromatic N) is 1. The Hall–Kier alpha value is -3.13. The van der Waals surface area contributed by atoms with E-state index in [1.165, 1.54) is 42.5 Å². The quantitative estimate of drug-likeness (QED) is 0.386. The summed E-state index contributed by atoms with van der Waals surface area (Å²) < 4.78 is 10.5. The molecule has 1 amide bonds. The molecule has 0 aliphatic carbocycles. The number of carbonyl (C=O) groups is 2. The summed E-state index contributed by atoms with van der Waals surface area (Å²) in [6.45, 7) is 5.43. The molecule has 0 saturated carbocycles. The number of nitro benzene ring substituents is 1. The van der Waals surface area contributed by atoms with Crippen LogP contribution in [0.2, 0.25) is 5.02 Å². The van der Waals surface area contributed by atoms with Crippen LogP contribution in [0.4, 0.5) is 5.69 Å². The molecule has 0 aromatic heterocycles. The first-order valence-electron chi connectivity index (χ1n) is 8.85. The summed E-state index contributed by atoms with van der Waals surface area (Å²) in [7, 11) is 0. The van der Waals surface area contributed by atoms with E-state index in [1.807, 2.05) is 20.8 Å². The molecule has 2 rings (SSSR count). The van der Waals surface area contributed by atoms with Crippen LogP contribution < -0.4 is 10.1 Å². The summed E-state index contributed by atoms with van der Waals surface area (Å²) in [4.78, 5) is 34.4. The molecule has 0 heterocycles. The molecule has 0 bridgehead atoms. The van der Waals surface area contributed by atoms with E-state index in [-0.39, 0.29) is 52.2 Å². The fraction of sp³-hybridized carbons (Fsp3) is 0.300. The van der Waals surface area contributed by atoms with E-state index in [9.17, 15) is 19.7 Å². The highest BCUT2D eigenvalue weighted by Crippen LogP contribution is 2.33. The summed E-state index contributed by atoms with van der Waals surface area (Å²) in [5, 5.41) is 14.1. The molecule has 1 N–H and O–H groups in total. The maximum Gasteiger partial charge on any atom is 0.338 e. The molecule has 29 heavy (non-hydrogen) atoms. The van der Waals surface area contributed by atoms with E-state index in [1.54, 1.807) is 0 Å². The van der Waals surface area contributed by atoms with E-state index in [0.29, 0.717) is 0 Å². The van der Waals surface area contributed by atoms with Crippen molar-refractivity contribution in [3.05, 3.63) is 63.2 Å². The maximum atomic E-state index is 12.1. The summed E-state index contributed by atoms with van der Waals surface area (Å²) >= 11 is 5.77. The molecule has 154 valence electrons. The van der Waals surface area contributed by atoms with Gasteiger partial charge in [0.1, 0.15) is 5.75 Å². The lowest BCUT2D eigenvalue weighted by atomic mass is 10.1. The number of nitro groups is 1. The van der Waals surface area contributed by atoms with Gasteiger partial charge in [0.2, 0.25) is 5.75 Å². The number of carbonyl (C=O) groups excluding carboxylic acids is 2. The first kappa shape index (κ1) is 22.2. The summed E-state index contributed by atoms with van der Waals surface area (Å²) in [5.41, 5.74) is -0.0599. The van der Waals surface area contributed by atoms with Crippen molar-refractivity contribution in [2.24, 2.45) is 5.92 Å². The first-order valence-corrected chi connectivity index (χ1v) is 9.23. The number of halogens is 1. The van der Waals surface area contributed by atoms with E-state index in [4.69, 9.17) is 21.1 Å². The second-order valence-corrected chi connectivity index (χ2v) is 7.11. The van der Waals surface area contributed by atoms with E-state index >= 15 is 0 Å². The Morgan fingerprint density at radius 3 is 2.38 bits per heavy atom. The summed E-state index contributed by atoms with van der Waals surface area (Å²) in [6, 6.07) is 9.83. The molecular weight excluding hydrogens is 400 g/mol. The second-order valence-electron chi connectivity index (χ2n) is 6.67. The zero-order valence-electron chi connectivity index (χ0n) is 16.2. The van der Waals surface area contributed by atoms with Crippen molar-refractivity contribution in [1.29, 1.82) is 0 Å². The van der Waals surface area contributed by atoms with E-state index < -0.39 is 10.9 Å². The minimum Gasteiger partial charge on any atom is -0.452 e. The molecular formula is C20H21ClN2O6. The molecule has 8 nitrogen and oxygen atoms in total. The van der Waals surface area contributed by atoms with Gasteiger partial charge in [-0.15, -0.1) is 0 Å². The average Bonchev–Trinajstić information content (AvgIpc) is 2.67. The van der Waals surface area contributed by atoms with Gasteiger partial charge in [0.25, 0.3) is 5.91 Å². The molecule has 0 aliphatic rings. The van der Waals surface area contributed by atoms with Crippen LogP contribution in [0.1, 0.15) is 31.1 Å². The topological polar surface area (TPSA) is 108 Å². The van der Waals surface area contributed by atoms with Crippen molar-refractivity contribution < 1.29 is 24.0 Å². The van der Waals surface area contributed by atoms with Gasteiger partial charge in [-0.2, -0.15) is 0 Å². The number of nitrogens with one attached hydrogen (secondary N) is 1. The minimum atomic E-state index is -0.665. The van der Waals surface area contributed by atoms with Crippen LogP contribution in [-0.2, 0) is 9.53 Å². The van der Waals surface area contributed by atoms with Gasteiger partial charge in [-0.25, -0.2) is 4.79 Å². The van der Waals surface area contributed by atoms with E-state index in [2.05, 4.69) is 5.32 Å². The number of hydrogen-bond acceptors (Lipinski definition) is 6. The highest BCUT2D eigenvalue weighted by molar-refractivity contribution is 6.30. The predicted octanol–water partition coefficient (Wildman–Crippen LogP) is 4.36. The van der Waals surface area contributed by atoms with Crippen LogP contribution in [0.25, 0.3) is 0 Å². The second kappa shape index (κ2) is 9.88. The first-order chi connectivity index (χ1) is 13.7. The Kier molecular flexibility index (Phi) is 7.55. The SMILES string of the molecule is CC(C)C(C)NC(=O)COC(=O)c1ccc(Oc2ccc(Cl)cc2[N+](=O)[O-])cc1. The number of amides is 1. The number of benzene rings is 2. The van der Waals surface area contributed by atoms with Crippen molar-refractivity contribution in [1.82, 2.24) is 5.32 Å². The Morgan fingerprint density at radius 2 is 1.79 bits per heavy atom. The van der Waals surface area contributed by atoms with Crippen molar-refractivity contribution in [3.8, 4) is 11.5 Å². The van der Waals surface area contributed by atoms with Crippen LogP contribution in [0.5, 0.6) is 11.5 Å². The van der Waals surface area contributed by atoms with Crippen LogP contribution in [-0.4, -0.2) is 29.4 Å². The van der Waals surface area contributed by atoms with Gasteiger partial charge >= 0.3 is 11.7 Å².